The van der Waals surface area contributed by atoms with Gasteiger partial charge < -0.3 is 14.6 Å². The summed E-state index contributed by atoms with van der Waals surface area (Å²) in [5.74, 6) is 0.789. The van der Waals surface area contributed by atoms with Crippen molar-refractivity contribution in [1.82, 2.24) is 10.5 Å². The highest BCUT2D eigenvalue weighted by Crippen LogP contribution is 2.05. The summed E-state index contributed by atoms with van der Waals surface area (Å²) >= 11 is 0. The van der Waals surface area contributed by atoms with Gasteiger partial charge in [0.1, 0.15) is 6.61 Å². The number of nitrogens with one attached hydrogen (secondary N) is 1. The average molecular weight is 238 g/mol. The van der Waals surface area contributed by atoms with Crippen molar-refractivity contribution < 1.29 is 9.26 Å². The van der Waals surface area contributed by atoms with Crippen molar-refractivity contribution in [3.8, 4) is 0 Å². The summed E-state index contributed by atoms with van der Waals surface area (Å²) in [6.45, 7) is 8.79. The van der Waals surface area contributed by atoms with Gasteiger partial charge in [0.25, 0.3) is 0 Å². The zero-order chi connectivity index (χ0) is 12.3. The Bertz CT molecular complexity index is 310. The lowest BCUT2D eigenvalue weighted by Crippen LogP contribution is -2.13. The van der Waals surface area contributed by atoms with Crippen LogP contribution in [-0.4, -0.2) is 18.3 Å². The van der Waals surface area contributed by atoms with Gasteiger partial charge in [-0.25, -0.2) is 0 Å². The zero-order valence-electron chi connectivity index (χ0n) is 10.6. The third-order valence-electron chi connectivity index (χ3n) is 2.28. The molecule has 96 valence electrons. The van der Waals surface area contributed by atoms with Crippen molar-refractivity contribution >= 4 is 0 Å². The lowest BCUT2D eigenvalue weighted by Gasteiger charge is -1.98. The Labute approximate surface area is 103 Å². The maximum Gasteiger partial charge on any atom is 0.162 e. The van der Waals surface area contributed by atoms with Crippen LogP contribution in [0.25, 0.3) is 0 Å². The number of aromatic nitrogens is 1. The molecule has 4 heteroatoms. The summed E-state index contributed by atoms with van der Waals surface area (Å²) in [5.41, 5.74) is 0.933. The van der Waals surface area contributed by atoms with E-state index in [1.165, 1.54) is 0 Å². The number of rotatable bonds is 10. The van der Waals surface area contributed by atoms with Gasteiger partial charge in [0, 0.05) is 19.2 Å². The Morgan fingerprint density at radius 3 is 3.24 bits per heavy atom. The highest BCUT2D eigenvalue weighted by Gasteiger charge is 2.03. The molecule has 0 aliphatic heterocycles. The number of nitrogens with zero attached hydrogens (tertiary/aromatic N) is 1. The van der Waals surface area contributed by atoms with Crippen LogP contribution < -0.4 is 5.32 Å². The Kier molecular flexibility index (Phi) is 7.34. The molecule has 0 spiro atoms. The van der Waals surface area contributed by atoms with E-state index in [2.05, 4.69) is 24.0 Å². The Balaban J connectivity index is 2.14. The normalized spacial score (nSPS) is 10.6. The van der Waals surface area contributed by atoms with E-state index in [4.69, 9.17) is 9.26 Å². The lowest BCUT2D eigenvalue weighted by molar-refractivity contribution is 0.0995. The molecule has 4 nitrogen and oxygen atoms in total. The SMILES string of the molecule is C=CCCCOCc1cc(CNCCC)no1. The molecule has 1 aromatic rings. The molecular weight excluding hydrogens is 216 g/mol. The average Bonchev–Trinajstić information content (AvgIpc) is 2.77. The highest BCUT2D eigenvalue weighted by molar-refractivity contribution is 5.04. The lowest BCUT2D eigenvalue weighted by atomic mass is 10.3. The van der Waals surface area contributed by atoms with E-state index in [0.29, 0.717) is 6.61 Å². The molecule has 0 fully saturated rings. The molecule has 1 heterocycles. The maximum atomic E-state index is 5.46. The summed E-state index contributed by atoms with van der Waals surface area (Å²) in [5, 5.41) is 7.24. The van der Waals surface area contributed by atoms with Crippen LogP contribution in [0.15, 0.2) is 23.2 Å². The van der Waals surface area contributed by atoms with Crippen molar-refractivity contribution in [2.45, 2.75) is 39.3 Å². The smallest absolute Gasteiger partial charge is 0.162 e. The van der Waals surface area contributed by atoms with Gasteiger partial charge in [-0.15, -0.1) is 6.58 Å². The van der Waals surface area contributed by atoms with Crippen molar-refractivity contribution in [2.75, 3.05) is 13.2 Å². The standard InChI is InChI=1S/C13H22N2O2/c1-3-5-6-8-16-11-13-9-12(15-17-13)10-14-7-4-2/h3,9,14H,1,4-8,10-11H2,2H3. The van der Waals surface area contributed by atoms with Gasteiger partial charge in [0.05, 0.1) is 5.69 Å². The van der Waals surface area contributed by atoms with Gasteiger partial charge in [0.15, 0.2) is 5.76 Å². The van der Waals surface area contributed by atoms with Crippen LogP contribution in [0.1, 0.15) is 37.6 Å². The number of allylic oxidation sites excluding steroid dienone is 1. The van der Waals surface area contributed by atoms with Crippen LogP contribution in [0.4, 0.5) is 0 Å². The number of ether oxygens (including phenoxy) is 1. The van der Waals surface area contributed by atoms with Gasteiger partial charge >= 0.3 is 0 Å². The second-order valence-electron chi connectivity index (χ2n) is 3.94. The summed E-state index contributed by atoms with van der Waals surface area (Å²) in [7, 11) is 0. The topological polar surface area (TPSA) is 47.3 Å². The predicted octanol–water partition coefficient (Wildman–Crippen LogP) is 2.66. The monoisotopic (exact) mass is 238 g/mol. The molecule has 17 heavy (non-hydrogen) atoms. The minimum absolute atomic E-state index is 0.498. The maximum absolute atomic E-state index is 5.46. The molecule has 1 N–H and O–H groups in total. The van der Waals surface area contributed by atoms with Crippen LogP contribution in [-0.2, 0) is 17.9 Å². The van der Waals surface area contributed by atoms with Crippen LogP contribution in [0.3, 0.4) is 0 Å². The molecule has 0 aliphatic rings. The Hall–Kier alpha value is -1.13. The molecule has 0 unspecified atom stereocenters. The van der Waals surface area contributed by atoms with Crippen molar-refractivity contribution in [3.63, 3.8) is 0 Å². The van der Waals surface area contributed by atoms with Crippen molar-refractivity contribution in [1.29, 1.82) is 0 Å². The molecule has 1 rings (SSSR count). The van der Waals surface area contributed by atoms with Crippen molar-refractivity contribution in [3.05, 3.63) is 30.2 Å². The first-order valence-electron chi connectivity index (χ1n) is 6.20. The molecule has 0 atom stereocenters. The van der Waals surface area contributed by atoms with E-state index < -0.39 is 0 Å². The molecule has 1 aromatic heterocycles. The minimum Gasteiger partial charge on any atom is -0.373 e. The molecule has 0 aliphatic carbocycles. The fraction of sp³-hybridized carbons (Fsp3) is 0.615. The molecular formula is C13H22N2O2. The van der Waals surface area contributed by atoms with E-state index in [-0.39, 0.29) is 0 Å². The molecule has 0 bridgehead atoms. The summed E-state index contributed by atoms with van der Waals surface area (Å²) in [6.07, 6.45) is 5.01. The summed E-state index contributed by atoms with van der Waals surface area (Å²) < 4.78 is 10.6. The molecule has 0 saturated heterocycles. The van der Waals surface area contributed by atoms with E-state index in [1.807, 2.05) is 12.1 Å². The van der Waals surface area contributed by atoms with Gasteiger partial charge in [-0.2, -0.15) is 0 Å². The first-order chi connectivity index (χ1) is 8.36. The third-order valence-corrected chi connectivity index (χ3v) is 2.28. The predicted molar refractivity (Wildman–Crippen MR) is 67.6 cm³/mol. The Morgan fingerprint density at radius 2 is 2.47 bits per heavy atom. The van der Waals surface area contributed by atoms with E-state index in [1.54, 1.807) is 0 Å². The van der Waals surface area contributed by atoms with Gasteiger partial charge in [-0.1, -0.05) is 18.2 Å². The van der Waals surface area contributed by atoms with Crippen LogP contribution in [0, 0.1) is 0 Å². The molecule has 0 aromatic carbocycles. The van der Waals surface area contributed by atoms with Crippen LogP contribution in [0.5, 0.6) is 0 Å². The first kappa shape index (κ1) is 13.9. The largest absolute Gasteiger partial charge is 0.373 e. The number of unbranched alkanes of at least 4 members (excludes halogenated alkanes) is 1. The van der Waals surface area contributed by atoms with E-state index >= 15 is 0 Å². The number of hydrogen-bond acceptors (Lipinski definition) is 4. The molecule has 0 saturated carbocycles. The van der Waals surface area contributed by atoms with Gasteiger partial charge in [-0.3, -0.25) is 0 Å². The van der Waals surface area contributed by atoms with E-state index in [9.17, 15) is 0 Å². The van der Waals surface area contributed by atoms with Crippen LogP contribution in [0.2, 0.25) is 0 Å². The number of hydrogen-bond donors (Lipinski definition) is 1. The summed E-state index contributed by atoms with van der Waals surface area (Å²) in [6, 6.07) is 1.94. The van der Waals surface area contributed by atoms with Crippen molar-refractivity contribution in [2.24, 2.45) is 0 Å². The molecule has 0 radical (unpaired) electrons. The van der Waals surface area contributed by atoms with Crippen LogP contribution >= 0.6 is 0 Å². The fourth-order valence-electron chi connectivity index (χ4n) is 1.40. The summed E-state index contributed by atoms with van der Waals surface area (Å²) in [4.78, 5) is 0. The van der Waals surface area contributed by atoms with Gasteiger partial charge in [-0.05, 0) is 25.8 Å². The third kappa shape index (κ3) is 6.24. The highest BCUT2D eigenvalue weighted by atomic mass is 16.5. The second-order valence-corrected chi connectivity index (χ2v) is 3.94. The Morgan fingerprint density at radius 1 is 1.59 bits per heavy atom. The first-order valence-corrected chi connectivity index (χ1v) is 6.20. The fourth-order valence-corrected chi connectivity index (χ4v) is 1.40. The minimum atomic E-state index is 0.498. The quantitative estimate of drug-likeness (QED) is 0.503. The molecule has 0 amide bonds. The van der Waals surface area contributed by atoms with E-state index in [0.717, 1.165) is 50.4 Å². The van der Waals surface area contributed by atoms with Gasteiger partial charge in [0.2, 0.25) is 0 Å². The second kappa shape index (κ2) is 8.96. The zero-order valence-corrected chi connectivity index (χ0v) is 10.6.